The van der Waals surface area contributed by atoms with Crippen LogP contribution in [-0.4, -0.2) is 55.3 Å². The number of fused-ring (bicyclic) bond motifs is 5. The van der Waals surface area contributed by atoms with Crippen LogP contribution in [0, 0.1) is 35.5 Å². The van der Waals surface area contributed by atoms with Crippen molar-refractivity contribution in [2.75, 3.05) is 0 Å². The topological polar surface area (TPSA) is 98.5 Å². The molecule has 1 N–H and O–H groups in total. The molecule has 0 saturated heterocycles. The van der Waals surface area contributed by atoms with Gasteiger partial charge >= 0.3 is 5.97 Å². The van der Waals surface area contributed by atoms with Crippen LogP contribution in [0.25, 0.3) is 0 Å². The van der Waals surface area contributed by atoms with E-state index in [1.165, 1.54) is 23.8 Å². The zero-order chi connectivity index (χ0) is 28.0. The zero-order valence-corrected chi connectivity index (χ0v) is 23.1. The van der Waals surface area contributed by atoms with Crippen LogP contribution in [0.4, 0.5) is 8.78 Å². The number of thiol groups is 1. The van der Waals surface area contributed by atoms with Crippen LogP contribution in [0.2, 0.25) is 0 Å². The van der Waals surface area contributed by atoms with Crippen LogP contribution >= 0.6 is 12.6 Å². The minimum Gasteiger partial charge on any atom is -0.444 e. The summed E-state index contributed by atoms with van der Waals surface area (Å²) in [5, 5.41) is 15.1. The molecule has 0 bridgehead atoms. The molecule has 3 fully saturated rings. The highest BCUT2D eigenvalue weighted by atomic mass is 32.1. The predicted molar refractivity (Wildman–Crippen MR) is 138 cm³/mol. The molecule has 4 aliphatic carbocycles. The van der Waals surface area contributed by atoms with Gasteiger partial charge in [0, 0.05) is 29.2 Å². The number of allylic oxidation sites excluding steroid dienone is 4. The molecule has 5 unspecified atom stereocenters. The lowest BCUT2D eigenvalue weighted by atomic mass is 9.44. The van der Waals surface area contributed by atoms with Gasteiger partial charge in [0.15, 0.2) is 17.1 Å². The highest BCUT2D eigenvalue weighted by Crippen LogP contribution is 2.71. The fourth-order valence-corrected chi connectivity index (χ4v) is 8.91. The molecular formula is C28H34F2N2O5S. The average Bonchev–Trinajstić information content (AvgIpc) is 3.33. The van der Waals surface area contributed by atoms with E-state index in [1.807, 2.05) is 6.92 Å². The van der Waals surface area contributed by atoms with E-state index in [1.54, 1.807) is 26.8 Å². The molecule has 0 radical (unpaired) electrons. The third-order valence-electron chi connectivity index (χ3n) is 10.2. The van der Waals surface area contributed by atoms with Crippen molar-refractivity contribution < 1.29 is 33.0 Å². The van der Waals surface area contributed by atoms with Gasteiger partial charge in [-0.1, -0.05) is 19.9 Å². The maximum Gasteiger partial charge on any atom is 0.357 e. The molecule has 0 spiro atoms. The molecule has 10 heteroatoms. The van der Waals surface area contributed by atoms with E-state index in [0.29, 0.717) is 12.2 Å². The first kappa shape index (κ1) is 27.2. The molecule has 0 aliphatic heterocycles. The molecule has 0 amide bonds. The summed E-state index contributed by atoms with van der Waals surface area (Å²) in [4.78, 5) is 38.9. The first-order valence-corrected chi connectivity index (χ1v) is 13.6. The van der Waals surface area contributed by atoms with Crippen LogP contribution in [-0.2, 0) is 20.9 Å². The number of rotatable bonds is 4. The fraction of sp³-hybridized carbons (Fsp3) is 0.643. The standard InChI is InChI=1S/C28H34F2N2O5S/c1-6-32-21(10-15(3)31-32)23(35)37-28(24(36)38)14(2)9-17-18-12-20(29)19-11-16(33)7-8-25(19,4)27(18,30)22(34)13-26(17,28)5/h7-8,10-11,14,17-18,20,22,34H,6,9,12-13H2,1-5H3,(H,36,38)/t14?,17-,18-,20?,22?,25-,26-,27?,28?/m0/s1. The molecule has 9 atom stereocenters. The molecule has 5 rings (SSSR count). The van der Waals surface area contributed by atoms with E-state index in [-0.39, 0.29) is 30.5 Å². The van der Waals surface area contributed by atoms with Crippen LogP contribution in [0.1, 0.15) is 63.1 Å². The predicted octanol–water partition coefficient (Wildman–Crippen LogP) is 4.13. The SMILES string of the molecule is CCn1nc(C)cc1C(=O)OC1(C(=O)S)C(C)C[C@H]2[C@@H]3CC(F)C4=CC(=O)C=C[C@]4(C)C3(F)C(O)C[C@@]21C. The van der Waals surface area contributed by atoms with Crippen LogP contribution in [0.3, 0.4) is 0 Å². The summed E-state index contributed by atoms with van der Waals surface area (Å²) in [6, 6.07) is 1.57. The lowest BCUT2D eigenvalue weighted by molar-refractivity contribution is -0.221. The Labute approximate surface area is 226 Å². The number of nitrogens with zero attached hydrogens (tertiary/aromatic N) is 2. The number of alkyl halides is 2. The van der Waals surface area contributed by atoms with Gasteiger partial charge in [0.1, 0.15) is 11.9 Å². The van der Waals surface area contributed by atoms with Gasteiger partial charge in [0.05, 0.1) is 11.8 Å². The average molecular weight is 549 g/mol. The van der Waals surface area contributed by atoms with Crippen molar-refractivity contribution in [3.63, 3.8) is 0 Å². The Morgan fingerprint density at radius 2 is 1.97 bits per heavy atom. The van der Waals surface area contributed by atoms with Gasteiger partial charge in [-0.25, -0.2) is 13.6 Å². The first-order valence-electron chi connectivity index (χ1n) is 13.1. The van der Waals surface area contributed by atoms with E-state index in [2.05, 4.69) is 17.7 Å². The van der Waals surface area contributed by atoms with E-state index in [4.69, 9.17) is 4.74 Å². The van der Waals surface area contributed by atoms with Crippen molar-refractivity contribution in [1.29, 1.82) is 0 Å². The third-order valence-corrected chi connectivity index (χ3v) is 10.5. The van der Waals surface area contributed by atoms with E-state index in [0.717, 1.165) is 6.08 Å². The van der Waals surface area contributed by atoms with E-state index in [9.17, 15) is 19.5 Å². The van der Waals surface area contributed by atoms with Crippen LogP contribution in [0.5, 0.6) is 0 Å². The lowest BCUT2D eigenvalue weighted by Gasteiger charge is -2.63. The number of halogens is 2. The Kier molecular flexibility index (Phi) is 6.15. The minimum absolute atomic E-state index is 0.0311. The smallest absolute Gasteiger partial charge is 0.357 e. The monoisotopic (exact) mass is 548 g/mol. The quantitative estimate of drug-likeness (QED) is 0.434. The summed E-state index contributed by atoms with van der Waals surface area (Å²) in [5.41, 5.74) is -6.02. The van der Waals surface area contributed by atoms with Crippen LogP contribution in [0.15, 0.2) is 29.9 Å². The minimum atomic E-state index is -2.29. The van der Waals surface area contributed by atoms with Crippen molar-refractivity contribution in [2.24, 2.45) is 28.6 Å². The summed E-state index contributed by atoms with van der Waals surface area (Å²) in [6.07, 6.45) is 0.333. The van der Waals surface area contributed by atoms with Crippen molar-refractivity contribution in [3.05, 3.63) is 41.3 Å². The van der Waals surface area contributed by atoms with Crippen molar-refractivity contribution in [1.82, 2.24) is 9.78 Å². The van der Waals surface area contributed by atoms with Crippen molar-refractivity contribution >= 4 is 29.5 Å². The highest BCUT2D eigenvalue weighted by molar-refractivity contribution is 7.96. The molecular weight excluding hydrogens is 514 g/mol. The number of aromatic nitrogens is 2. The second-order valence-electron chi connectivity index (χ2n) is 11.9. The normalized spacial score (nSPS) is 43.7. The number of aliphatic hydroxyl groups excluding tert-OH is 1. The van der Waals surface area contributed by atoms with Gasteiger partial charge in [-0.2, -0.15) is 5.10 Å². The Morgan fingerprint density at radius 1 is 1.29 bits per heavy atom. The number of carbonyl (C=O) groups is 3. The molecule has 1 heterocycles. The Balaban J connectivity index is 1.61. The fourth-order valence-electron chi connectivity index (χ4n) is 8.39. The van der Waals surface area contributed by atoms with Gasteiger partial charge in [0.25, 0.3) is 0 Å². The molecule has 38 heavy (non-hydrogen) atoms. The van der Waals surface area contributed by atoms with Crippen LogP contribution < -0.4 is 0 Å². The highest BCUT2D eigenvalue weighted by Gasteiger charge is 2.78. The van der Waals surface area contributed by atoms with Gasteiger partial charge in [-0.15, -0.1) is 12.6 Å². The number of hydrogen-bond acceptors (Lipinski definition) is 6. The summed E-state index contributed by atoms with van der Waals surface area (Å²) < 4.78 is 40.7. The number of ketones is 1. The summed E-state index contributed by atoms with van der Waals surface area (Å²) in [7, 11) is 0. The van der Waals surface area contributed by atoms with Crippen molar-refractivity contribution in [3.8, 4) is 0 Å². The number of aryl methyl sites for hydroxylation is 2. The Morgan fingerprint density at radius 3 is 2.61 bits per heavy atom. The number of carbonyl (C=O) groups excluding carboxylic acids is 3. The molecule has 1 aromatic heterocycles. The maximum absolute atomic E-state index is 17.4. The molecule has 1 aromatic rings. The summed E-state index contributed by atoms with van der Waals surface area (Å²) >= 11 is 4.19. The van der Waals surface area contributed by atoms with Gasteiger partial charge in [-0.3, -0.25) is 14.3 Å². The largest absolute Gasteiger partial charge is 0.444 e. The van der Waals surface area contributed by atoms with Crippen molar-refractivity contribution in [2.45, 2.75) is 84.0 Å². The second kappa shape index (κ2) is 8.58. The number of hydrogen-bond donors (Lipinski definition) is 2. The lowest BCUT2D eigenvalue weighted by Crippen LogP contribution is -2.70. The third kappa shape index (κ3) is 3.22. The molecule has 7 nitrogen and oxygen atoms in total. The first-order chi connectivity index (χ1) is 17.7. The van der Waals surface area contributed by atoms with Gasteiger partial charge in [-0.05, 0) is 69.7 Å². The van der Waals surface area contributed by atoms with E-state index < -0.39 is 69.0 Å². The molecule has 3 saturated carbocycles. The number of aliphatic hydroxyl groups is 1. The second-order valence-corrected chi connectivity index (χ2v) is 12.3. The van der Waals surface area contributed by atoms with Gasteiger partial charge < -0.3 is 9.84 Å². The molecule has 206 valence electrons. The number of ether oxygens (including phenoxy) is 1. The Bertz CT molecular complexity index is 1290. The molecule has 0 aromatic carbocycles. The number of esters is 1. The summed E-state index contributed by atoms with van der Waals surface area (Å²) in [5.74, 6) is -3.35. The zero-order valence-electron chi connectivity index (χ0n) is 22.2. The van der Waals surface area contributed by atoms with Gasteiger partial charge in [0.2, 0.25) is 5.12 Å². The molecule has 4 aliphatic rings. The maximum atomic E-state index is 17.4. The van der Waals surface area contributed by atoms with E-state index >= 15 is 8.78 Å². The summed E-state index contributed by atoms with van der Waals surface area (Å²) in [6.45, 7) is 8.96. The Hall–Kier alpha value is -2.33.